The van der Waals surface area contributed by atoms with Crippen LogP contribution in [0.3, 0.4) is 0 Å². The molecule has 5 heteroatoms. The molecule has 18 heavy (non-hydrogen) atoms. The second-order valence-corrected chi connectivity index (χ2v) is 5.07. The molecule has 0 radical (unpaired) electrons. The van der Waals surface area contributed by atoms with E-state index in [2.05, 4.69) is 4.98 Å². The molecule has 2 aromatic rings. The van der Waals surface area contributed by atoms with E-state index in [0.29, 0.717) is 12.2 Å². The van der Waals surface area contributed by atoms with Gasteiger partial charge in [-0.3, -0.25) is 0 Å². The molecule has 0 saturated carbocycles. The van der Waals surface area contributed by atoms with Gasteiger partial charge in [0, 0.05) is 18.0 Å². The molecule has 3 rings (SSSR count). The summed E-state index contributed by atoms with van der Waals surface area (Å²) >= 11 is 1.61. The summed E-state index contributed by atoms with van der Waals surface area (Å²) in [7, 11) is 0. The number of ether oxygens (including phenoxy) is 2. The number of aromatic nitrogens is 1. The zero-order valence-electron chi connectivity index (χ0n) is 9.70. The third kappa shape index (κ3) is 2.32. The lowest BCUT2D eigenvalue weighted by molar-refractivity contribution is 0.165. The van der Waals surface area contributed by atoms with Crippen LogP contribution in [-0.2, 0) is 6.42 Å². The first-order valence-corrected chi connectivity index (χ1v) is 6.67. The van der Waals surface area contributed by atoms with Crippen LogP contribution in [0.15, 0.2) is 29.8 Å². The first-order valence-electron chi connectivity index (χ1n) is 5.79. The van der Waals surface area contributed by atoms with E-state index in [1.165, 1.54) is 0 Å². The van der Waals surface area contributed by atoms with Crippen molar-refractivity contribution in [3.05, 3.63) is 40.3 Å². The lowest BCUT2D eigenvalue weighted by atomic mass is 10.0. The first kappa shape index (κ1) is 11.5. The van der Waals surface area contributed by atoms with Gasteiger partial charge in [0.15, 0.2) is 11.5 Å². The highest BCUT2D eigenvalue weighted by Crippen LogP contribution is 2.34. The van der Waals surface area contributed by atoms with Gasteiger partial charge in [-0.15, -0.1) is 11.3 Å². The predicted molar refractivity (Wildman–Crippen MR) is 68.0 cm³/mol. The molecule has 2 heterocycles. The van der Waals surface area contributed by atoms with Crippen molar-refractivity contribution in [1.82, 2.24) is 4.98 Å². The molecule has 0 saturated heterocycles. The minimum Gasteiger partial charge on any atom is -0.454 e. The van der Waals surface area contributed by atoms with Gasteiger partial charge >= 0.3 is 0 Å². The Bertz CT molecular complexity index is 527. The fraction of sp³-hybridized carbons (Fsp3) is 0.308. The number of aliphatic hydroxyl groups is 1. The third-order valence-corrected chi connectivity index (χ3v) is 3.74. The first-order chi connectivity index (χ1) is 8.83. The van der Waals surface area contributed by atoms with Crippen LogP contribution in [-0.4, -0.2) is 16.9 Å². The third-order valence-electron chi connectivity index (χ3n) is 2.90. The van der Waals surface area contributed by atoms with Crippen LogP contribution in [0.25, 0.3) is 0 Å². The molecule has 0 amide bonds. The van der Waals surface area contributed by atoms with Crippen LogP contribution in [0.1, 0.15) is 23.1 Å². The van der Waals surface area contributed by atoms with E-state index in [0.717, 1.165) is 22.7 Å². The number of hydrogen-bond donors (Lipinski definition) is 1. The predicted octanol–water partition coefficient (Wildman–Crippen LogP) is 2.54. The van der Waals surface area contributed by atoms with Crippen molar-refractivity contribution in [3.8, 4) is 11.5 Å². The number of aliphatic hydroxyl groups excluding tert-OH is 1. The van der Waals surface area contributed by atoms with Crippen molar-refractivity contribution >= 4 is 11.3 Å². The van der Waals surface area contributed by atoms with Crippen LogP contribution in [0.5, 0.6) is 11.5 Å². The Morgan fingerprint density at radius 1 is 1.33 bits per heavy atom. The van der Waals surface area contributed by atoms with Crippen molar-refractivity contribution in [2.45, 2.75) is 18.9 Å². The van der Waals surface area contributed by atoms with Crippen LogP contribution in [0.2, 0.25) is 0 Å². The molecule has 1 aliphatic rings. The highest BCUT2D eigenvalue weighted by atomic mass is 32.1. The number of thiazole rings is 1. The van der Waals surface area contributed by atoms with Crippen molar-refractivity contribution < 1.29 is 14.6 Å². The molecule has 0 aliphatic carbocycles. The summed E-state index contributed by atoms with van der Waals surface area (Å²) in [6.07, 6.45) is 2.73. The smallest absolute Gasteiger partial charge is 0.231 e. The van der Waals surface area contributed by atoms with E-state index in [1.807, 2.05) is 23.6 Å². The zero-order chi connectivity index (χ0) is 12.4. The summed E-state index contributed by atoms with van der Waals surface area (Å²) in [5.74, 6) is 1.45. The van der Waals surface area contributed by atoms with Crippen molar-refractivity contribution in [3.63, 3.8) is 0 Å². The molecular weight excluding hydrogens is 250 g/mol. The number of nitrogens with zero attached hydrogens (tertiary/aromatic N) is 1. The standard InChI is InChI=1S/C13H13NO3S/c15-10(2-4-13-14-5-6-18-13)9-1-3-11-12(7-9)17-8-16-11/h1,3,5-7,10,15H,2,4,8H2. The second kappa shape index (κ2) is 4.96. The minimum absolute atomic E-state index is 0.258. The Hall–Kier alpha value is -1.59. The number of benzene rings is 1. The fourth-order valence-corrected chi connectivity index (χ4v) is 2.56. The summed E-state index contributed by atoms with van der Waals surface area (Å²) in [6, 6.07) is 5.55. The van der Waals surface area contributed by atoms with Crippen LogP contribution >= 0.6 is 11.3 Å². The van der Waals surface area contributed by atoms with E-state index < -0.39 is 6.10 Å². The van der Waals surface area contributed by atoms with Gasteiger partial charge < -0.3 is 14.6 Å². The van der Waals surface area contributed by atoms with E-state index in [1.54, 1.807) is 17.5 Å². The summed E-state index contributed by atoms with van der Waals surface area (Å²) in [6.45, 7) is 0.258. The topological polar surface area (TPSA) is 51.6 Å². The van der Waals surface area contributed by atoms with Gasteiger partial charge in [-0.1, -0.05) is 6.07 Å². The molecule has 1 aromatic carbocycles. The van der Waals surface area contributed by atoms with Gasteiger partial charge in [0.1, 0.15) is 0 Å². The van der Waals surface area contributed by atoms with Crippen molar-refractivity contribution in [2.24, 2.45) is 0 Å². The van der Waals surface area contributed by atoms with Gasteiger partial charge in [0.05, 0.1) is 11.1 Å². The Labute approximate surface area is 109 Å². The molecular formula is C13H13NO3S. The Morgan fingerprint density at radius 3 is 3.06 bits per heavy atom. The van der Waals surface area contributed by atoms with E-state index in [9.17, 15) is 5.11 Å². The Morgan fingerprint density at radius 2 is 2.22 bits per heavy atom. The lowest BCUT2D eigenvalue weighted by Crippen LogP contribution is -1.99. The molecule has 1 N–H and O–H groups in total. The van der Waals surface area contributed by atoms with Crippen LogP contribution in [0, 0.1) is 0 Å². The number of aryl methyl sites for hydroxylation is 1. The normalized spacial score (nSPS) is 14.7. The van der Waals surface area contributed by atoms with Crippen LogP contribution in [0.4, 0.5) is 0 Å². The monoisotopic (exact) mass is 263 g/mol. The van der Waals surface area contributed by atoms with Gasteiger partial charge in [0.25, 0.3) is 0 Å². The summed E-state index contributed by atoms with van der Waals surface area (Å²) in [4.78, 5) is 4.20. The largest absolute Gasteiger partial charge is 0.454 e. The van der Waals surface area contributed by atoms with Gasteiger partial charge in [0.2, 0.25) is 6.79 Å². The maximum atomic E-state index is 10.1. The lowest BCUT2D eigenvalue weighted by Gasteiger charge is -2.10. The molecule has 0 spiro atoms. The summed E-state index contributed by atoms with van der Waals surface area (Å²) in [5, 5.41) is 13.1. The number of rotatable bonds is 4. The SMILES string of the molecule is OC(CCc1nccs1)c1ccc2c(c1)OCO2. The molecule has 1 atom stereocenters. The summed E-state index contributed by atoms with van der Waals surface area (Å²) in [5.41, 5.74) is 0.857. The van der Waals surface area contributed by atoms with E-state index >= 15 is 0 Å². The number of hydrogen-bond acceptors (Lipinski definition) is 5. The van der Waals surface area contributed by atoms with Gasteiger partial charge in [-0.2, -0.15) is 0 Å². The van der Waals surface area contributed by atoms with Crippen LogP contribution < -0.4 is 9.47 Å². The van der Waals surface area contributed by atoms with Gasteiger partial charge in [-0.05, 0) is 24.1 Å². The molecule has 94 valence electrons. The Balaban J connectivity index is 1.67. The molecule has 0 bridgehead atoms. The van der Waals surface area contributed by atoms with E-state index in [-0.39, 0.29) is 6.79 Å². The average molecular weight is 263 g/mol. The Kier molecular flexibility index (Phi) is 3.17. The second-order valence-electron chi connectivity index (χ2n) is 4.09. The number of fused-ring (bicyclic) bond motifs is 1. The highest BCUT2D eigenvalue weighted by molar-refractivity contribution is 7.09. The van der Waals surface area contributed by atoms with Crippen molar-refractivity contribution in [2.75, 3.05) is 6.79 Å². The molecule has 1 unspecified atom stereocenters. The highest BCUT2D eigenvalue weighted by Gasteiger charge is 2.16. The van der Waals surface area contributed by atoms with Gasteiger partial charge in [-0.25, -0.2) is 4.98 Å². The zero-order valence-corrected chi connectivity index (χ0v) is 10.5. The average Bonchev–Trinajstić information content (AvgIpc) is 3.05. The maximum Gasteiger partial charge on any atom is 0.231 e. The summed E-state index contributed by atoms with van der Waals surface area (Å²) < 4.78 is 10.5. The minimum atomic E-state index is -0.497. The molecule has 1 aromatic heterocycles. The fourth-order valence-electron chi connectivity index (χ4n) is 1.92. The molecule has 0 fully saturated rings. The molecule has 1 aliphatic heterocycles. The van der Waals surface area contributed by atoms with Crippen molar-refractivity contribution in [1.29, 1.82) is 0 Å². The quantitative estimate of drug-likeness (QED) is 0.921. The van der Waals surface area contributed by atoms with E-state index in [4.69, 9.17) is 9.47 Å². The maximum absolute atomic E-state index is 10.1. The molecule has 4 nitrogen and oxygen atoms in total.